The Labute approximate surface area is 496 Å². The summed E-state index contributed by atoms with van der Waals surface area (Å²) < 4.78 is 22.8. The zero-order valence-electron chi connectivity index (χ0n) is 50.9. The maximum absolute atomic E-state index is 13.3. The number of carbonyl (C=O) groups is 1. The average molecular weight is 1160 g/mol. The molecule has 82 heavy (non-hydrogen) atoms. The van der Waals surface area contributed by atoms with Gasteiger partial charge in [-0.05, 0) is 77.0 Å². The number of nitrogens with one attached hydrogen (secondary N) is 1. The molecule has 2 aliphatic heterocycles. The van der Waals surface area contributed by atoms with Crippen molar-refractivity contribution in [3.63, 3.8) is 0 Å². The van der Waals surface area contributed by atoms with E-state index in [2.05, 4.69) is 104 Å². The molecular weight excluding hydrogens is 1040 g/mol. The van der Waals surface area contributed by atoms with Crippen molar-refractivity contribution >= 4 is 5.91 Å². The van der Waals surface area contributed by atoms with E-state index in [1.54, 1.807) is 6.08 Å². The number of aliphatic hydroxyl groups excluding tert-OH is 8. The van der Waals surface area contributed by atoms with Crippen LogP contribution >= 0.6 is 0 Å². The van der Waals surface area contributed by atoms with E-state index in [1.165, 1.54) is 116 Å². The molecule has 0 aromatic carbocycles. The summed E-state index contributed by atoms with van der Waals surface area (Å²) >= 11 is 0. The molecule has 0 bridgehead atoms. The number of rotatable bonds is 51. The van der Waals surface area contributed by atoms with Gasteiger partial charge in [-0.2, -0.15) is 0 Å². The van der Waals surface area contributed by atoms with E-state index in [0.717, 1.165) is 89.9 Å². The quantitative estimate of drug-likeness (QED) is 0.0204. The van der Waals surface area contributed by atoms with Gasteiger partial charge < -0.3 is 65.1 Å². The first-order valence-corrected chi connectivity index (χ1v) is 32.5. The normalized spacial score (nSPS) is 24.6. The number of allylic oxidation sites excluding steroid dienone is 15. The molecule has 0 saturated carbocycles. The summed E-state index contributed by atoms with van der Waals surface area (Å²) in [6.45, 7) is 2.68. The number of aliphatic hydroxyl groups is 8. The van der Waals surface area contributed by atoms with Gasteiger partial charge in [-0.25, -0.2) is 0 Å². The molecule has 2 saturated heterocycles. The van der Waals surface area contributed by atoms with Crippen LogP contribution in [0.15, 0.2) is 97.2 Å². The van der Waals surface area contributed by atoms with Crippen LogP contribution in [-0.4, -0.2) is 140 Å². The molecule has 2 rings (SSSR count). The highest BCUT2D eigenvalue weighted by Gasteiger charge is 2.51. The molecule has 12 atom stereocenters. The van der Waals surface area contributed by atoms with Gasteiger partial charge in [0, 0.05) is 6.42 Å². The number of hydrogen-bond acceptors (Lipinski definition) is 13. The van der Waals surface area contributed by atoms with Crippen molar-refractivity contribution in [1.82, 2.24) is 5.32 Å². The number of carbonyl (C=O) groups excluding carboxylic acids is 1. The smallest absolute Gasteiger partial charge is 0.220 e. The third-order valence-corrected chi connectivity index (χ3v) is 15.3. The first kappa shape index (κ1) is 75.0. The Balaban J connectivity index is 1.67. The predicted octanol–water partition coefficient (Wildman–Crippen LogP) is 12.2. The summed E-state index contributed by atoms with van der Waals surface area (Å²) in [4.78, 5) is 13.3. The number of hydrogen-bond donors (Lipinski definition) is 9. The lowest BCUT2D eigenvalue weighted by Gasteiger charge is -2.46. The highest BCUT2D eigenvalue weighted by atomic mass is 16.7. The third-order valence-electron chi connectivity index (χ3n) is 15.3. The van der Waals surface area contributed by atoms with Crippen molar-refractivity contribution in [3.8, 4) is 0 Å². The molecule has 0 spiro atoms. The van der Waals surface area contributed by atoms with Crippen LogP contribution in [-0.2, 0) is 23.7 Å². The van der Waals surface area contributed by atoms with Crippen LogP contribution in [0, 0.1) is 0 Å². The minimum atomic E-state index is -1.79. The lowest BCUT2D eigenvalue weighted by molar-refractivity contribution is -0.359. The monoisotopic (exact) mass is 1160 g/mol. The fraction of sp³-hybridized carbons (Fsp3) is 0.750. The second-order valence-corrected chi connectivity index (χ2v) is 22.5. The fourth-order valence-electron chi connectivity index (χ4n) is 10.1. The summed E-state index contributed by atoms with van der Waals surface area (Å²) in [7, 11) is 0. The van der Waals surface area contributed by atoms with Crippen molar-refractivity contribution in [2.45, 2.75) is 306 Å². The third kappa shape index (κ3) is 36.7. The minimum absolute atomic E-state index is 0.246. The minimum Gasteiger partial charge on any atom is -0.394 e. The zero-order chi connectivity index (χ0) is 59.5. The molecule has 14 nitrogen and oxygen atoms in total. The molecule has 0 radical (unpaired) electrons. The summed E-state index contributed by atoms with van der Waals surface area (Å²) in [5, 5.41) is 87.2. The topological polar surface area (TPSA) is 228 Å². The van der Waals surface area contributed by atoms with Gasteiger partial charge in [-0.3, -0.25) is 4.79 Å². The van der Waals surface area contributed by atoms with Gasteiger partial charge in [0.1, 0.15) is 48.8 Å². The number of ether oxygens (including phenoxy) is 4. The second kappa shape index (κ2) is 52.3. The summed E-state index contributed by atoms with van der Waals surface area (Å²) in [6.07, 6.45) is 55.9. The fourth-order valence-corrected chi connectivity index (χ4v) is 10.1. The molecule has 2 aliphatic rings. The van der Waals surface area contributed by atoms with E-state index in [1.807, 2.05) is 6.08 Å². The van der Waals surface area contributed by atoms with Crippen LogP contribution in [0.4, 0.5) is 0 Å². The first-order valence-electron chi connectivity index (χ1n) is 32.5. The molecule has 9 N–H and O–H groups in total. The predicted molar refractivity (Wildman–Crippen MR) is 332 cm³/mol. The summed E-state index contributed by atoms with van der Waals surface area (Å²) in [6, 6.07) is -0.922. The zero-order valence-corrected chi connectivity index (χ0v) is 50.9. The molecule has 12 unspecified atom stereocenters. The van der Waals surface area contributed by atoms with Gasteiger partial charge in [-0.15, -0.1) is 0 Å². The molecule has 1 amide bonds. The van der Waals surface area contributed by atoms with Gasteiger partial charge in [0.15, 0.2) is 12.6 Å². The Hall–Kier alpha value is -3.09. The Kier molecular flexibility index (Phi) is 47.8. The molecule has 0 aliphatic carbocycles. The number of amides is 1. The van der Waals surface area contributed by atoms with Crippen molar-refractivity contribution in [1.29, 1.82) is 0 Å². The van der Waals surface area contributed by atoms with Gasteiger partial charge in [0.2, 0.25) is 5.91 Å². The van der Waals surface area contributed by atoms with Gasteiger partial charge in [0.05, 0.1) is 32.0 Å². The Morgan fingerprint density at radius 2 is 0.841 bits per heavy atom. The van der Waals surface area contributed by atoms with Crippen molar-refractivity contribution in [2.75, 3.05) is 19.8 Å². The molecule has 14 heteroatoms. The van der Waals surface area contributed by atoms with Crippen LogP contribution < -0.4 is 5.32 Å². The van der Waals surface area contributed by atoms with Crippen LogP contribution in [0.1, 0.15) is 232 Å². The van der Waals surface area contributed by atoms with Crippen molar-refractivity contribution in [2.24, 2.45) is 0 Å². The van der Waals surface area contributed by atoms with Crippen LogP contribution in [0.5, 0.6) is 0 Å². The number of unbranched alkanes of at least 4 members (excludes halogenated alkanes) is 24. The van der Waals surface area contributed by atoms with E-state index < -0.39 is 86.8 Å². The van der Waals surface area contributed by atoms with E-state index in [-0.39, 0.29) is 18.9 Å². The molecule has 0 aromatic rings. The lowest BCUT2D eigenvalue weighted by Crippen LogP contribution is -2.65. The molecule has 2 heterocycles. The Bertz CT molecular complexity index is 1740. The van der Waals surface area contributed by atoms with E-state index >= 15 is 0 Å². The van der Waals surface area contributed by atoms with Crippen molar-refractivity contribution < 1.29 is 64.6 Å². The van der Waals surface area contributed by atoms with Gasteiger partial charge in [0.25, 0.3) is 0 Å². The van der Waals surface area contributed by atoms with Crippen LogP contribution in [0.3, 0.4) is 0 Å². The second-order valence-electron chi connectivity index (χ2n) is 22.5. The average Bonchev–Trinajstić information content (AvgIpc) is 3.60. The molecule has 0 aromatic heterocycles. The van der Waals surface area contributed by atoms with E-state index in [4.69, 9.17) is 18.9 Å². The largest absolute Gasteiger partial charge is 0.394 e. The van der Waals surface area contributed by atoms with Crippen LogP contribution in [0.25, 0.3) is 0 Å². The van der Waals surface area contributed by atoms with E-state index in [0.29, 0.717) is 6.42 Å². The van der Waals surface area contributed by atoms with Gasteiger partial charge >= 0.3 is 0 Å². The summed E-state index contributed by atoms with van der Waals surface area (Å²) in [5.74, 6) is -0.246. The van der Waals surface area contributed by atoms with Crippen LogP contribution in [0.2, 0.25) is 0 Å². The first-order chi connectivity index (χ1) is 40.1. The molecule has 2 fully saturated rings. The Morgan fingerprint density at radius 3 is 1.29 bits per heavy atom. The molecule has 472 valence electrons. The SMILES string of the molecule is CC/C=C\C/C=C\C/C=C\C/C=C\C/C=C\C/C=C\C/C=C\CCCCCCCCCCCCCC(=O)NC(COC1OC(CO)C(OC2OC(CO)C(O)C(O)C2O)C(O)C1O)C(O)/C=C/CCCCCCCCCCCCCCC. The highest BCUT2D eigenvalue weighted by Crippen LogP contribution is 2.30. The Morgan fingerprint density at radius 1 is 0.451 bits per heavy atom. The summed E-state index contributed by atoms with van der Waals surface area (Å²) in [5.41, 5.74) is 0. The van der Waals surface area contributed by atoms with E-state index in [9.17, 15) is 45.6 Å². The van der Waals surface area contributed by atoms with Crippen molar-refractivity contribution in [3.05, 3.63) is 97.2 Å². The molecular formula is C68H117NO13. The maximum Gasteiger partial charge on any atom is 0.220 e. The van der Waals surface area contributed by atoms with Gasteiger partial charge in [-0.1, -0.05) is 246 Å². The maximum atomic E-state index is 13.3. The lowest BCUT2D eigenvalue weighted by atomic mass is 9.97. The highest BCUT2D eigenvalue weighted by molar-refractivity contribution is 5.76. The standard InChI is InChI=1S/C68H117NO13/c1-3-5-7-9-11-13-15-17-19-20-21-22-23-24-25-26-27-28-29-30-31-32-33-34-35-36-38-40-42-44-46-48-50-52-60(73)69-56(57(72)51-49-47-45-43-41-39-37-18-16-14-12-10-8-6-4-2)55-79-67-65(78)63(76)66(59(54-71)81-67)82-68-64(77)62(75)61(74)58(53-70)80-68/h5,7,11,13,17,19,21-22,24-25,27-28,30-31,49,51,56-59,61-68,70-72,74-78H,3-4,6,8-10,12,14-16,18,20,23,26,29,32-48,50,52-55H2,1-2H3,(H,69,73)/b7-5-,13-11-,19-17-,22-21-,25-24-,28-27-,31-30-,51-49+.